The predicted octanol–water partition coefficient (Wildman–Crippen LogP) is 3.28. The van der Waals surface area contributed by atoms with Gasteiger partial charge in [-0.1, -0.05) is 23.8 Å². The van der Waals surface area contributed by atoms with E-state index in [1.54, 1.807) is 29.2 Å². The summed E-state index contributed by atoms with van der Waals surface area (Å²) < 4.78 is 11.4. The van der Waals surface area contributed by atoms with Gasteiger partial charge in [0.25, 0.3) is 11.6 Å². The molecule has 2 aromatic carbocycles. The molecule has 176 valence electrons. The lowest BCUT2D eigenvalue weighted by Gasteiger charge is -2.29. The zero-order chi connectivity index (χ0) is 23.8. The van der Waals surface area contributed by atoms with E-state index >= 15 is 0 Å². The zero-order valence-corrected chi connectivity index (χ0v) is 18.9. The standard InChI is InChI=1S/C25H25N3O6/c1-16-6-7-20-19(14-16)23(29)21-22(17-4-2-5-18(15-17)28(31)32)27(25(30)24(21)34-20)9-3-8-26-10-12-33-13-11-26/h2,4-7,14-15,22H,3,8-13H2,1H3. The van der Waals surface area contributed by atoms with Crippen LogP contribution in [0.15, 0.2) is 51.7 Å². The van der Waals surface area contributed by atoms with Crippen molar-refractivity contribution in [3.05, 3.63) is 85.3 Å². The van der Waals surface area contributed by atoms with Gasteiger partial charge in [0.2, 0.25) is 5.76 Å². The van der Waals surface area contributed by atoms with E-state index in [4.69, 9.17) is 9.15 Å². The molecule has 0 saturated carbocycles. The second-order valence-electron chi connectivity index (χ2n) is 8.73. The van der Waals surface area contributed by atoms with Gasteiger partial charge in [0.1, 0.15) is 5.58 Å². The van der Waals surface area contributed by atoms with Crippen LogP contribution < -0.4 is 5.43 Å². The summed E-state index contributed by atoms with van der Waals surface area (Å²) in [4.78, 5) is 41.9. The molecular weight excluding hydrogens is 438 g/mol. The van der Waals surface area contributed by atoms with Crippen LogP contribution in [0.1, 0.15) is 39.7 Å². The third-order valence-electron chi connectivity index (χ3n) is 6.50. The van der Waals surface area contributed by atoms with Gasteiger partial charge in [0.05, 0.1) is 35.1 Å². The molecular formula is C25H25N3O6. The van der Waals surface area contributed by atoms with Crippen LogP contribution in [0.25, 0.3) is 11.0 Å². The largest absolute Gasteiger partial charge is 0.450 e. The molecule has 1 unspecified atom stereocenters. The van der Waals surface area contributed by atoms with Gasteiger partial charge in [-0.3, -0.25) is 24.6 Å². The molecule has 0 aliphatic carbocycles. The maximum absolute atomic E-state index is 13.6. The Balaban J connectivity index is 1.56. The Bertz CT molecular complexity index is 1330. The lowest BCUT2D eigenvalue weighted by molar-refractivity contribution is -0.384. The van der Waals surface area contributed by atoms with Crippen molar-refractivity contribution in [2.75, 3.05) is 39.4 Å². The molecule has 34 heavy (non-hydrogen) atoms. The van der Waals surface area contributed by atoms with Crippen LogP contribution in [-0.4, -0.2) is 60.0 Å². The number of carbonyl (C=O) groups is 1. The molecule has 1 saturated heterocycles. The third kappa shape index (κ3) is 3.97. The van der Waals surface area contributed by atoms with Crippen molar-refractivity contribution < 1.29 is 18.9 Å². The number of carbonyl (C=O) groups excluding carboxylic acids is 1. The Labute approximate surface area is 195 Å². The summed E-state index contributed by atoms with van der Waals surface area (Å²) in [5.74, 6) is -0.350. The van der Waals surface area contributed by atoms with E-state index in [1.165, 1.54) is 12.1 Å². The minimum Gasteiger partial charge on any atom is -0.450 e. The molecule has 1 aromatic heterocycles. The first-order valence-corrected chi connectivity index (χ1v) is 11.4. The van der Waals surface area contributed by atoms with E-state index < -0.39 is 11.0 Å². The van der Waals surface area contributed by atoms with E-state index in [0.29, 0.717) is 42.7 Å². The number of amides is 1. The number of fused-ring (bicyclic) bond motifs is 2. The molecule has 2 aliphatic heterocycles. The average Bonchev–Trinajstić information content (AvgIpc) is 3.12. The first-order valence-electron chi connectivity index (χ1n) is 11.4. The van der Waals surface area contributed by atoms with Crippen LogP contribution in [0.5, 0.6) is 0 Å². The maximum atomic E-state index is 13.6. The van der Waals surface area contributed by atoms with Crippen LogP contribution in [-0.2, 0) is 4.74 Å². The average molecular weight is 463 g/mol. The van der Waals surface area contributed by atoms with Gasteiger partial charge in [-0.2, -0.15) is 0 Å². The summed E-state index contributed by atoms with van der Waals surface area (Å²) in [7, 11) is 0. The Morgan fingerprint density at radius 3 is 2.65 bits per heavy atom. The van der Waals surface area contributed by atoms with Crippen LogP contribution in [0, 0.1) is 17.0 Å². The lowest BCUT2D eigenvalue weighted by Crippen LogP contribution is -2.38. The van der Waals surface area contributed by atoms with Gasteiger partial charge in [-0.25, -0.2) is 0 Å². The van der Waals surface area contributed by atoms with Crippen LogP contribution >= 0.6 is 0 Å². The van der Waals surface area contributed by atoms with Crippen LogP contribution in [0.2, 0.25) is 0 Å². The van der Waals surface area contributed by atoms with Crippen molar-refractivity contribution in [1.29, 1.82) is 0 Å². The molecule has 0 bridgehead atoms. The molecule has 1 atom stereocenters. The molecule has 9 nitrogen and oxygen atoms in total. The van der Waals surface area contributed by atoms with Gasteiger partial charge in [-0.05, 0) is 31.0 Å². The summed E-state index contributed by atoms with van der Waals surface area (Å²) in [6.07, 6.45) is 0.692. The second kappa shape index (κ2) is 9.00. The second-order valence-corrected chi connectivity index (χ2v) is 8.73. The maximum Gasteiger partial charge on any atom is 0.290 e. The quantitative estimate of drug-likeness (QED) is 0.408. The first kappa shape index (κ1) is 22.2. The molecule has 1 fully saturated rings. The van der Waals surface area contributed by atoms with Crippen molar-refractivity contribution >= 4 is 22.6 Å². The summed E-state index contributed by atoms with van der Waals surface area (Å²) in [6.45, 7) is 6.12. The monoisotopic (exact) mass is 463 g/mol. The van der Waals surface area contributed by atoms with Gasteiger partial charge in [-0.15, -0.1) is 0 Å². The first-order chi connectivity index (χ1) is 16.4. The Morgan fingerprint density at radius 2 is 1.88 bits per heavy atom. The summed E-state index contributed by atoms with van der Waals surface area (Å²) in [5, 5.41) is 11.8. The molecule has 3 heterocycles. The number of hydrogen-bond acceptors (Lipinski definition) is 7. The summed E-state index contributed by atoms with van der Waals surface area (Å²) >= 11 is 0. The van der Waals surface area contributed by atoms with Crippen molar-refractivity contribution in [1.82, 2.24) is 9.80 Å². The number of ether oxygens (including phenoxy) is 1. The minimum absolute atomic E-state index is 0.0178. The zero-order valence-electron chi connectivity index (χ0n) is 18.9. The highest BCUT2D eigenvalue weighted by Gasteiger charge is 2.42. The van der Waals surface area contributed by atoms with Gasteiger partial charge in [0, 0.05) is 38.3 Å². The van der Waals surface area contributed by atoms with Gasteiger partial charge >= 0.3 is 0 Å². The highest BCUT2D eigenvalue weighted by atomic mass is 16.6. The van der Waals surface area contributed by atoms with Crippen LogP contribution in [0.4, 0.5) is 5.69 Å². The summed E-state index contributed by atoms with van der Waals surface area (Å²) in [5.41, 5.74) is 1.66. The smallest absolute Gasteiger partial charge is 0.290 e. The Hall–Kier alpha value is -3.56. The fourth-order valence-electron chi connectivity index (χ4n) is 4.81. The molecule has 0 radical (unpaired) electrons. The molecule has 9 heteroatoms. The number of aryl methyl sites for hydroxylation is 1. The number of nitro groups is 1. The van der Waals surface area contributed by atoms with Gasteiger partial charge in [0.15, 0.2) is 5.43 Å². The third-order valence-corrected chi connectivity index (χ3v) is 6.50. The Morgan fingerprint density at radius 1 is 1.09 bits per heavy atom. The molecule has 0 spiro atoms. The number of hydrogen-bond donors (Lipinski definition) is 0. The number of benzene rings is 2. The van der Waals surface area contributed by atoms with Crippen LogP contribution in [0.3, 0.4) is 0 Å². The number of non-ortho nitro benzene ring substituents is 1. The molecule has 3 aromatic rings. The Kier molecular flexibility index (Phi) is 5.89. The normalized spacial score (nSPS) is 18.4. The lowest BCUT2D eigenvalue weighted by atomic mass is 9.97. The fourth-order valence-corrected chi connectivity index (χ4v) is 4.81. The minimum atomic E-state index is -0.742. The number of rotatable bonds is 6. The number of nitro benzene ring substituents is 1. The number of nitrogens with zero attached hydrogens (tertiary/aromatic N) is 3. The van der Waals surface area contributed by atoms with Crippen molar-refractivity contribution in [3.8, 4) is 0 Å². The molecule has 5 rings (SSSR count). The molecule has 1 amide bonds. The van der Waals surface area contributed by atoms with E-state index in [0.717, 1.165) is 25.2 Å². The SMILES string of the molecule is Cc1ccc2oc3c(c(=O)c2c1)C(c1cccc([N+](=O)[O-])c1)N(CCCN1CCOCC1)C3=O. The van der Waals surface area contributed by atoms with Gasteiger partial charge < -0.3 is 14.1 Å². The van der Waals surface area contributed by atoms with E-state index in [1.807, 2.05) is 13.0 Å². The molecule has 2 aliphatic rings. The fraction of sp³-hybridized carbons (Fsp3) is 0.360. The van der Waals surface area contributed by atoms with Crippen molar-refractivity contribution in [2.45, 2.75) is 19.4 Å². The summed E-state index contributed by atoms with van der Waals surface area (Å²) in [6, 6.07) is 10.7. The van der Waals surface area contributed by atoms with Crippen molar-refractivity contribution in [2.24, 2.45) is 0 Å². The molecule has 0 N–H and O–H groups in total. The highest BCUT2D eigenvalue weighted by molar-refractivity contribution is 5.99. The van der Waals surface area contributed by atoms with Crippen molar-refractivity contribution in [3.63, 3.8) is 0 Å². The number of morpholine rings is 1. The van der Waals surface area contributed by atoms with E-state index in [2.05, 4.69) is 4.90 Å². The van der Waals surface area contributed by atoms with E-state index in [9.17, 15) is 19.7 Å². The van der Waals surface area contributed by atoms with E-state index in [-0.39, 0.29) is 28.3 Å². The highest BCUT2D eigenvalue weighted by Crippen LogP contribution is 2.39. The predicted molar refractivity (Wildman–Crippen MR) is 125 cm³/mol. The topological polar surface area (TPSA) is 106 Å².